The van der Waals surface area contributed by atoms with Crippen LogP contribution < -0.4 is 0 Å². The first-order valence-corrected chi connectivity index (χ1v) is 6.88. The van der Waals surface area contributed by atoms with Gasteiger partial charge in [-0.15, -0.1) is 0 Å². The standard InChI is InChI=1S/C13H13BrO2S/c1-8(15)11-4-3-10(14)7-13(11)17-12-5-6-16-9(12)2/h3-8,15H,1-2H3. The van der Waals surface area contributed by atoms with Crippen LogP contribution in [0.5, 0.6) is 0 Å². The van der Waals surface area contributed by atoms with Crippen LogP contribution in [0, 0.1) is 6.92 Å². The van der Waals surface area contributed by atoms with Gasteiger partial charge in [-0.25, -0.2) is 0 Å². The molecule has 0 radical (unpaired) electrons. The molecule has 0 aliphatic heterocycles. The second-order valence-corrected chi connectivity index (χ2v) is 5.80. The molecule has 2 nitrogen and oxygen atoms in total. The molecule has 1 N–H and O–H groups in total. The van der Waals surface area contributed by atoms with Gasteiger partial charge < -0.3 is 9.52 Å². The number of hydrogen-bond acceptors (Lipinski definition) is 3. The van der Waals surface area contributed by atoms with E-state index in [2.05, 4.69) is 15.9 Å². The molecule has 0 bridgehead atoms. The van der Waals surface area contributed by atoms with Gasteiger partial charge in [-0.2, -0.15) is 0 Å². The van der Waals surface area contributed by atoms with Crippen LogP contribution in [0.1, 0.15) is 24.4 Å². The summed E-state index contributed by atoms with van der Waals surface area (Å²) in [4.78, 5) is 2.11. The topological polar surface area (TPSA) is 33.4 Å². The molecule has 0 saturated carbocycles. The summed E-state index contributed by atoms with van der Waals surface area (Å²) in [6.45, 7) is 3.71. The molecule has 0 aliphatic carbocycles. The number of furan rings is 1. The quantitative estimate of drug-likeness (QED) is 0.902. The summed E-state index contributed by atoms with van der Waals surface area (Å²) in [5.41, 5.74) is 0.929. The Morgan fingerprint density at radius 1 is 1.29 bits per heavy atom. The van der Waals surface area contributed by atoms with Crippen LogP contribution in [-0.2, 0) is 0 Å². The molecular weight excluding hydrogens is 300 g/mol. The predicted octanol–water partition coefficient (Wildman–Crippen LogP) is 4.56. The van der Waals surface area contributed by atoms with Crippen LogP contribution in [0.4, 0.5) is 0 Å². The number of hydrogen-bond donors (Lipinski definition) is 1. The molecule has 4 heteroatoms. The van der Waals surface area contributed by atoms with Crippen molar-refractivity contribution in [2.45, 2.75) is 29.7 Å². The zero-order valence-electron chi connectivity index (χ0n) is 9.61. The maximum absolute atomic E-state index is 9.74. The Balaban J connectivity index is 2.37. The second-order valence-electron chi connectivity index (χ2n) is 3.80. The molecule has 2 aromatic rings. The first-order chi connectivity index (χ1) is 8.08. The van der Waals surface area contributed by atoms with E-state index in [4.69, 9.17) is 4.42 Å². The maximum atomic E-state index is 9.74. The van der Waals surface area contributed by atoms with Gasteiger partial charge in [-0.1, -0.05) is 33.8 Å². The first-order valence-electron chi connectivity index (χ1n) is 5.27. The molecule has 90 valence electrons. The molecule has 0 aliphatic rings. The Morgan fingerprint density at radius 2 is 2.06 bits per heavy atom. The largest absolute Gasteiger partial charge is 0.468 e. The average molecular weight is 313 g/mol. The first kappa shape index (κ1) is 12.7. The molecule has 0 spiro atoms. The highest BCUT2D eigenvalue weighted by Gasteiger charge is 2.12. The van der Waals surface area contributed by atoms with Gasteiger partial charge in [0, 0.05) is 9.37 Å². The average Bonchev–Trinajstić information content (AvgIpc) is 2.64. The summed E-state index contributed by atoms with van der Waals surface area (Å²) in [5.74, 6) is 0.895. The van der Waals surface area contributed by atoms with Crippen LogP contribution >= 0.6 is 27.7 Å². The Morgan fingerprint density at radius 3 is 2.65 bits per heavy atom. The molecule has 1 atom stereocenters. The van der Waals surface area contributed by atoms with Gasteiger partial charge in [-0.3, -0.25) is 0 Å². The van der Waals surface area contributed by atoms with Crippen molar-refractivity contribution < 1.29 is 9.52 Å². The highest BCUT2D eigenvalue weighted by Crippen LogP contribution is 2.36. The van der Waals surface area contributed by atoms with Gasteiger partial charge in [0.15, 0.2) is 0 Å². The fourth-order valence-corrected chi connectivity index (χ4v) is 3.15. The maximum Gasteiger partial charge on any atom is 0.114 e. The van der Waals surface area contributed by atoms with Crippen molar-refractivity contribution >= 4 is 27.7 Å². The molecular formula is C13H13BrO2S. The lowest BCUT2D eigenvalue weighted by atomic mass is 10.1. The fraction of sp³-hybridized carbons (Fsp3) is 0.231. The van der Waals surface area contributed by atoms with Crippen molar-refractivity contribution in [1.29, 1.82) is 0 Å². The molecule has 1 aromatic heterocycles. The highest BCUT2D eigenvalue weighted by molar-refractivity contribution is 9.10. The molecule has 1 aromatic carbocycles. The van der Waals surface area contributed by atoms with Crippen LogP contribution in [0.15, 0.2) is 49.2 Å². The van der Waals surface area contributed by atoms with Gasteiger partial charge in [-0.05, 0) is 37.6 Å². The Kier molecular flexibility index (Phi) is 3.97. The Labute approximate surface area is 113 Å². The van der Waals surface area contributed by atoms with E-state index in [-0.39, 0.29) is 0 Å². The Hall–Kier alpha value is -0.710. The number of benzene rings is 1. The van der Waals surface area contributed by atoms with Crippen molar-refractivity contribution in [3.63, 3.8) is 0 Å². The third-order valence-corrected chi connectivity index (χ3v) is 4.17. The van der Waals surface area contributed by atoms with Crippen molar-refractivity contribution in [1.82, 2.24) is 0 Å². The normalized spacial score (nSPS) is 12.7. The smallest absolute Gasteiger partial charge is 0.114 e. The minimum atomic E-state index is -0.474. The summed E-state index contributed by atoms with van der Waals surface area (Å²) in [6.07, 6.45) is 1.20. The van der Waals surface area contributed by atoms with E-state index in [0.29, 0.717) is 0 Å². The van der Waals surface area contributed by atoms with E-state index in [1.807, 2.05) is 31.2 Å². The monoisotopic (exact) mass is 312 g/mol. The SMILES string of the molecule is Cc1occc1Sc1cc(Br)ccc1C(C)O. The third kappa shape index (κ3) is 2.94. The number of rotatable bonds is 3. The van der Waals surface area contributed by atoms with Gasteiger partial charge >= 0.3 is 0 Å². The van der Waals surface area contributed by atoms with E-state index in [1.54, 1.807) is 24.9 Å². The van der Waals surface area contributed by atoms with Crippen LogP contribution in [0.25, 0.3) is 0 Å². The van der Waals surface area contributed by atoms with E-state index in [9.17, 15) is 5.11 Å². The van der Waals surface area contributed by atoms with Crippen LogP contribution in [-0.4, -0.2) is 5.11 Å². The summed E-state index contributed by atoms with van der Waals surface area (Å²) >= 11 is 5.06. The lowest BCUT2D eigenvalue weighted by Gasteiger charge is -2.11. The van der Waals surface area contributed by atoms with Crippen LogP contribution in [0.3, 0.4) is 0 Å². The molecule has 1 unspecified atom stereocenters. The van der Waals surface area contributed by atoms with Crippen molar-refractivity contribution in [3.05, 3.63) is 46.3 Å². The third-order valence-electron chi connectivity index (χ3n) is 2.46. The minimum Gasteiger partial charge on any atom is -0.468 e. The van der Waals surface area contributed by atoms with E-state index < -0.39 is 6.10 Å². The molecule has 2 rings (SSSR count). The van der Waals surface area contributed by atoms with Gasteiger partial charge in [0.05, 0.1) is 17.3 Å². The molecule has 0 saturated heterocycles. The van der Waals surface area contributed by atoms with Crippen molar-refractivity contribution in [2.24, 2.45) is 0 Å². The van der Waals surface area contributed by atoms with E-state index in [1.165, 1.54) is 0 Å². The lowest BCUT2D eigenvalue weighted by Crippen LogP contribution is -1.93. The van der Waals surface area contributed by atoms with E-state index in [0.717, 1.165) is 25.6 Å². The summed E-state index contributed by atoms with van der Waals surface area (Å²) in [6, 6.07) is 7.83. The minimum absolute atomic E-state index is 0.474. The number of aryl methyl sites for hydroxylation is 1. The molecule has 0 amide bonds. The predicted molar refractivity (Wildman–Crippen MR) is 72.3 cm³/mol. The van der Waals surface area contributed by atoms with Crippen molar-refractivity contribution in [2.75, 3.05) is 0 Å². The zero-order chi connectivity index (χ0) is 12.4. The second kappa shape index (κ2) is 5.29. The molecule has 1 heterocycles. The fourth-order valence-electron chi connectivity index (χ4n) is 1.54. The number of aliphatic hydroxyl groups is 1. The summed E-state index contributed by atoms with van der Waals surface area (Å²) in [5, 5.41) is 9.74. The Bertz CT molecular complexity index is 520. The molecule has 17 heavy (non-hydrogen) atoms. The highest BCUT2D eigenvalue weighted by atomic mass is 79.9. The lowest BCUT2D eigenvalue weighted by molar-refractivity contribution is 0.196. The number of halogens is 1. The number of aliphatic hydroxyl groups excluding tert-OH is 1. The summed E-state index contributed by atoms with van der Waals surface area (Å²) in [7, 11) is 0. The van der Waals surface area contributed by atoms with Gasteiger partial charge in [0.1, 0.15) is 5.76 Å². The van der Waals surface area contributed by atoms with E-state index >= 15 is 0 Å². The summed E-state index contributed by atoms with van der Waals surface area (Å²) < 4.78 is 6.28. The van der Waals surface area contributed by atoms with Crippen molar-refractivity contribution in [3.8, 4) is 0 Å². The van der Waals surface area contributed by atoms with Gasteiger partial charge in [0.25, 0.3) is 0 Å². The zero-order valence-corrected chi connectivity index (χ0v) is 12.0. The van der Waals surface area contributed by atoms with Crippen LogP contribution in [0.2, 0.25) is 0 Å². The van der Waals surface area contributed by atoms with Gasteiger partial charge in [0.2, 0.25) is 0 Å². The molecule has 0 fully saturated rings.